The van der Waals surface area contributed by atoms with Crippen molar-refractivity contribution in [2.24, 2.45) is 5.41 Å². The van der Waals surface area contributed by atoms with Crippen LogP contribution in [0.3, 0.4) is 0 Å². The molecule has 21 heavy (non-hydrogen) atoms. The fourth-order valence-electron chi connectivity index (χ4n) is 2.02. The van der Waals surface area contributed by atoms with E-state index in [1.54, 1.807) is 12.4 Å². The van der Waals surface area contributed by atoms with Gasteiger partial charge in [0.1, 0.15) is 11.4 Å². The summed E-state index contributed by atoms with van der Waals surface area (Å²) in [5, 5.41) is 12.7. The predicted molar refractivity (Wildman–Crippen MR) is 84.2 cm³/mol. The van der Waals surface area contributed by atoms with Crippen molar-refractivity contribution in [1.29, 1.82) is 0 Å². The molecule has 0 spiro atoms. The van der Waals surface area contributed by atoms with Crippen LogP contribution in [0.1, 0.15) is 53.8 Å². The zero-order valence-corrected chi connectivity index (χ0v) is 14.1. The van der Waals surface area contributed by atoms with Crippen molar-refractivity contribution >= 4 is 0 Å². The average Bonchev–Trinajstić information content (AvgIpc) is 2.33. The fourth-order valence-corrected chi connectivity index (χ4v) is 2.02. The Morgan fingerprint density at radius 3 is 2.14 bits per heavy atom. The van der Waals surface area contributed by atoms with Crippen molar-refractivity contribution in [2.45, 2.75) is 66.2 Å². The van der Waals surface area contributed by atoms with Gasteiger partial charge in [-0.25, -0.2) is 9.97 Å². The minimum absolute atomic E-state index is 0.0547. The van der Waals surface area contributed by atoms with Crippen LogP contribution in [0.25, 0.3) is 0 Å². The van der Waals surface area contributed by atoms with E-state index >= 15 is 0 Å². The van der Waals surface area contributed by atoms with Crippen molar-refractivity contribution in [1.82, 2.24) is 15.3 Å². The standard InChI is InChI=1S/C16H29N3O2/c1-15(2,3)7-12(11-20)17-10-14-18-8-13(9-19-14)21-16(4,5)6/h8-9,12,17,20H,7,10-11H2,1-6H3/t12-/m1/s1. The Kier molecular flexibility index (Phi) is 6.10. The molecule has 5 nitrogen and oxygen atoms in total. The SMILES string of the molecule is CC(C)(C)C[C@H](CO)NCc1ncc(OC(C)(C)C)cn1. The third-order valence-electron chi connectivity index (χ3n) is 2.73. The first-order valence-electron chi connectivity index (χ1n) is 7.43. The van der Waals surface area contributed by atoms with Crippen LogP contribution in [-0.2, 0) is 6.54 Å². The van der Waals surface area contributed by atoms with Crippen LogP contribution in [0.5, 0.6) is 5.75 Å². The lowest BCUT2D eigenvalue weighted by Crippen LogP contribution is -2.36. The van der Waals surface area contributed by atoms with E-state index in [1.165, 1.54) is 0 Å². The Bertz CT molecular complexity index is 419. The molecule has 0 radical (unpaired) electrons. The summed E-state index contributed by atoms with van der Waals surface area (Å²) in [6.45, 7) is 13.1. The Morgan fingerprint density at radius 2 is 1.71 bits per heavy atom. The van der Waals surface area contributed by atoms with Crippen molar-refractivity contribution in [3.63, 3.8) is 0 Å². The monoisotopic (exact) mass is 295 g/mol. The predicted octanol–water partition coefficient (Wildman–Crippen LogP) is 2.54. The van der Waals surface area contributed by atoms with Crippen molar-refractivity contribution < 1.29 is 9.84 Å². The molecule has 0 aromatic carbocycles. The molecule has 1 atom stereocenters. The highest BCUT2D eigenvalue weighted by molar-refractivity contribution is 5.13. The number of hydrogen-bond donors (Lipinski definition) is 2. The van der Waals surface area contributed by atoms with Gasteiger partial charge in [0.15, 0.2) is 5.75 Å². The van der Waals surface area contributed by atoms with Crippen LogP contribution in [0.4, 0.5) is 0 Å². The van der Waals surface area contributed by atoms with E-state index in [1.807, 2.05) is 20.8 Å². The Labute approximate surface area is 128 Å². The summed E-state index contributed by atoms with van der Waals surface area (Å²) in [5.41, 5.74) is -0.0799. The molecule has 1 aromatic rings. The van der Waals surface area contributed by atoms with Gasteiger partial charge in [0.25, 0.3) is 0 Å². The molecule has 0 saturated heterocycles. The van der Waals surface area contributed by atoms with Gasteiger partial charge in [-0.3, -0.25) is 0 Å². The number of aliphatic hydroxyl groups excluding tert-OH is 1. The molecule has 0 aliphatic carbocycles. The molecule has 0 amide bonds. The molecule has 1 aromatic heterocycles. The maximum atomic E-state index is 9.42. The van der Waals surface area contributed by atoms with E-state index in [-0.39, 0.29) is 23.7 Å². The molecule has 0 bridgehead atoms. The van der Waals surface area contributed by atoms with Gasteiger partial charge >= 0.3 is 0 Å². The summed E-state index contributed by atoms with van der Waals surface area (Å²) in [6.07, 6.45) is 4.27. The van der Waals surface area contributed by atoms with Crippen LogP contribution < -0.4 is 10.1 Å². The van der Waals surface area contributed by atoms with Gasteiger partial charge in [0, 0.05) is 6.04 Å². The molecule has 120 valence electrons. The molecule has 5 heteroatoms. The largest absolute Gasteiger partial charge is 0.485 e. The van der Waals surface area contributed by atoms with Gasteiger partial charge in [0.05, 0.1) is 25.5 Å². The number of nitrogens with one attached hydrogen (secondary N) is 1. The second kappa shape index (κ2) is 7.18. The number of ether oxygens (including phenoxy) is 1. The first kappa shape index (κ1) is 17.9. The third kappa shape index (κ3) is 7.97. The molecular weight excluding hydrogens is 266 g/mol. The quantitative estimate of drug-likeness (QED) is 0.844. The number of hydrogen-bond acceptors (Lipinski definition) is 5. The Morgan fingerprint density at radius 1 is 1.14 bits per heavy atom. The number of aromatic nitrogens is 2. The zero-order chi connectivity index (χ0) is 16.1. The summed E-state index contributed by atoms with van der Waals surface area (Å²) >= 11 is 0. The smallest absolute Gasteiger partial charge is 0.156 e. The highest BCUT2D eigenvalue weighted by Gasteiger charge is 2.18. The summed E-state index contributed by atoms with van der Waals surface area (Å²) in [7, 11) is 0. The molecule has 0 aliphatic heterocycles. The molecule has 1 heterocycles. The van der Waals surface area contributed by atoms with Gasteiger partial charge in [-0.1, -0.05) is 20.8 Å². The van der Waals surface area contributed by atoms with E-state index in [0.717, 1.165) is 6.42 Å². The molecule has 1 rings (SSSR count). The van der Waals surface area contributed by atoms with Gasteiger partial charge in [-0.05, 0) is 32.6 Å². The lowest BCUT2D eigenvalue weighted by Gasteiger charge is -2.25. The van der Waals surface area contributed by atoms with Gasteiger partial charge in [0.2, 0.25) is 0 Å². The molecule has 0 saturated carbocycles. The molecular formula is C16H29N3O2. The lowest BCUT2D eigenvalue weighted by atomic mass is 9.88. The van der Waals surface area contributed by atoms with Crippen molar-refractivity contribution in [3.05, 3.63) is 18.2 Å². The topological polar surface area (TPSA) is 67.3 Å². The fraction of sp³-hybridized carbons (Fsp3) is 0.750. The van der Waals surface area contributed by atoms with E-state index in [9.17, 15) is 5.11 Å². The minimum atomic E-state index is -0.252. The normalized spacial score (nSPS) is 14.0. The highest BCUT2D eigenvalue weighted by atomic mass is 16.5. The van der Waals surface area contributed by atoms with Gasteiger partial charge < -0.3 is 15.2 Å². The second-order valence-corrected chi connectivity index (χ2v) is 7.57. The minimum Gasteiger partial charge on any atom is -0.485 e. The van der Waals surface area contributed by atoms with Gasteiger partial charge in [-0.15, -0.1) is 0 Å². The Hall–Kier alpha value is -1.20. The lowest BCUT2D eigenvalue weighted by molar-refractivity contribution is 0.129. The van der Waals surface area contributed by atoms with Crippen molar-refractivity contribution in [3.8, 4) is 5.75 Å². The zero-order valence-electron chi connectivity index (χ0n) is 14.1. The maximum Gasteiger partial charge on any atom is 0.156 e. The van der Waals surface area contributed by atoms with Crippen LogP contribution >= 0.6 is 0 Å². The maximum absolute atomic E-state index is 9.42. The highest BCUT2D eigenvalue weighted by Crippen LogP contribution is 2.20. The molecule has 0 aliphatic rings. The van der Waals surface area contributed by atoms with Crippen LogP contribution in [0.2, 0.25) is 0 Å². The number of aliphatic hydroxyl groups is 1. The molecule has 0 unspecified atom stereocenters. The summed E-state index contributed by atoms with van der Waals surface area (Å²) < 4.78 is 5.68. The summed E-state index contributed by atoms with van der Waals surface area (Å²) in [6, 6.07) is 0.0547. The molecule has 2 N–H and O–H groups in total. The Balaban J connectivity index is 2.52. The van der Waals surface area contributed by atoms with Gasteiger partial charge in [-0.2, -0.15) is 0 Å². The van der Waals surface area contributed by atoms with Crippen molar-refractivity contribution in [2.75, 3.05) is 6.61 Å². The first-order chi connectivity index (χ1) is 9.59. The van der Waals surface area contributed by atoms with Crippen LogP contribution in [-0.4, -0.2) is 33.3 Å². The van der Waals surface area contributed by atoms with E-state index in [4.69, 9.17) is 4.74 Å². The number of nitrogens with zero attached hydrogens (tertiary/aromatic N) is 2. The van der Waals surface area contributed by atoms with Crippen LogP contribution in [0, 0.1) is 5.41 Å². The number of rotatable bonds is 6. The second-order valence-electron chi connectivity index (χ2n) is 7.57. The average molecular weight is 295 g/mol. The van der Waals surface area contributed by atoms with E-state index < -0.39 is 0 Å². The molecule has 0 fully saturated rings. The van der Waals surface area contributed by atoms with Crippen LogP contribution in [0.15, 0.2) is 12.4 Å². The van der Waals surface area contributed by atoms with E-state index in [2.05, 4.69) is 36.1 Å². The third-order valence-corrected chi connectivity index (χ3v) is 2.73. The van der Waals surface area contributed by atoms with E-state index in [0.29, 0.717) is 18.1 Å². The summed E-state index contributed by atoms with van der Waals surface area (Å²) in [4.78, 5) is 8.57. The first-order valence-corrected chi connectivity index (χ1v) is 7.43. The summed E-state index contributed by atoms with van der Waals surface area (Å²) in [5.74, 6) is 1.36.